The van der Waals surface area contributed by atoms with Gasteiger partial charge in [0.2, 0.25) is 0 Å². The lowest BCUT2D eigenvalue weighted by Crippen LogP contribution is -2.25. The topological polar surface area (TPSA) is 55.7 Å². The summed E-state index contributed by atoms with van der Waals surface area (Å²) in [6.45, 7) is 6.78. The van der Waals surface area contributed by atoms with Gasteiger partial charge in [-0.3, -0.25) is 0 Å². The van der Waals surface area contributed by atoms with Crippen LogP contribution in [0.15, 0.2) is 30.5 Å². The Morgan fingerprint density at radius 2 is 2.00 bits per heavy atom. The molecule has 0 aliphatic heterocycles. The molecule has 0 fully saturated rings. The number of hydrogen-bond donors (Lipinski definition) is 1. The van der Waals surface area contributed by atoms with Crippen LogP contribution in [-0.4, -0.2) is 26.9 Å². The van der Waals surface area contributed by atoms with Crippen molar-refractivity contribution in [3.8, 4) is 11.4 Å². The van der Waals surface area contributed by atoms with E-state index in [0.29, 0.717) is 6.61 Å². The largest absolute Gasteiger partial charge is 0.377 e. The first-order valence-electron chi connectivity index (χ1n) is 7.02. The average molecular weight is 284 g/mol. The van der Waals surface area contributed by atoms with Gasteiger partial charge in [0.15, 0.2) is 11.6 Å². The number of hydrogen-bond acceptors (Lipinski definition) is 3. The minimum absolute atomic E-state index is 0.134. The van der Waals surface area contributed by atoms with Crippen molar-refractivity contribution in [1.29, 1.82) is 0 Å². The molecule has 0 saturated heterocycles. The smallest absolute Gasteiger partial charge is 0.183 e. The highest BCUT2D eigenvalue weighted by Crippen LogP contribution is 2.27. The summed E-state index contributed by atoms with van der Waals surface area (Å²) in [5.41, 5.74) is 1.98. The first-order valence-corrected chi connectivity index (χ1v) is 7.02. The summed E-state index contributed by atoms with van der Waals surface area (Å²) < 4.78 is 7.19. The van der Waals surface area contributed by atoms with E-state index in [-0.39, 0.29) is 5.54 Å². The number of benzene rings is 1. The molecule has 2 aromatic heterocycles. The quantitative estimate of drug-likeness (QED) is 0.802. The average Bonchev–Trinajstić information content (AvgIpc) is 3.02. The van der Waals surface area contributed by atoms with Crippen LogP contribution in [0.2, 0.25) is 0 Å². The predicted octanol–water partition coefficient (Wildman–Crippen LogP) is 3.33. The van der Waals surface area contributed by atoms with Crippen LogP contribution in [0.4, 0.5) is 0 Å². The normalized spacial score (nSPS) is 12.2. The molecule has 1 N–H and O–H groups in total. The van der Waals surface area contributed by atoms with Gasteiger partial charge in [0.1, 0.15) is 6.61 Å². The lowest BCUT2D eigenvalue weighted by Gasteiger charge is -2.20. The van der Waals surface area contributed by atoms with Gasteiger partial charge in [0.05, 0.1) is 5.54 Å². The van der Waals surface area contributed by atoms with E-state index in [2.05, 4.69) is 42.9 Å². The number of H-pyrrole nitrogens is 1. The summed E-state index contributed by atoms with van der Waals surface area (Å²) in [5.74, 6) is 1.57. The van der Waals surface area contributed by atoms with E-state index in [1.54, 1.807) is 7.11 Å². The van der Waals surface area contributed by atoms with Crippen molar-refractivity contribution < 1.29 is 4.74 Å². The van der Waals surface area contributed by atoms with Crippen LogP contribution in [0.25, 0.3) is 22.3 Å². The molecule has 0 bridgehead atoms. The SMILES string of the molecule is COCc1nc(-c2c[nH]c3ccccc23)nn1C(C)(C)C. The number of fused-ring (bicyclic) bond motifs is 1. The maximum Gasteiger partial charge on any atom is 0.183 e. The lowest BCUT2D eigenvalue weighted by atomic mass is 10.1. The Morgan fingerprint density at radius 1 is 1.24 bits per heavy atom. The van der Waals surface area contributed by atoms with Crippen LogP contribution in [0.3, 0.4) is 0 Å². The zero-order valence-corrected chi connectivity index (χ0v) is 12.8. The Morgan fingerprint density at radius 3 is 2.71 bits per heavy atom. The molecule has 3 aromatic rings. The van der Waals surface area contributed by atoms with Crippen molar-refractivity contribution in [2.75, 3.05) is 7.11 Å². The van der Waals surface area contributed by atoms with Gasteiger partial charge in [0, 0.05) is 29.8 Å². The molecular weight excluding hydrogens is 264 g/mol. The van der Waals surface area contributed by atoms with Crippen molar-refractivity contribution in [2.45, 2.75) is 32.9 Å². The molecule has 0 spiro atoms. The number of nitrogens with zero attached hydrogens (tertiary/aromatic N) is 3. The van der Waals surface area contributed by atoms with Gasteiger partial charge >= 0.3 is 0 Å². The van der Waals surface area contributed by atoms with Gasteiger partial charge in [-0.1, -0.05) is 18.2 Å². The molecule has 0 unspecified atom stereocenters. The molecule has 3 rings (SSSR count). The monoisotopic (exact) mass is 284 g/mol. The molecule has 5 nitrogen and oxygen atoms in total. The standard InChI is InChI=1S/C16H20N4O/c1-16(2,3)20-14(10-21-4)18-15(19-20)12-9-17-13-8-6-5-7-11(12)13/h5-9,17H,10H2,1-4H3. The minimum Gasteiger partial charge on any atom is -0.377 e. The fourth-order valence-electron chi connectivity index (χ4n) is 2.47. The van der Waals surface area contributed by atoms with Crippen molar-refractivity contribution in [3.63, 3.8) is 0 Å². The highest BCUT2D eigenvalue weighted by molar-refractivity contribution is 5.93. The van der Waals surface area contributed by atoms with Gasteiger partial charge in [-0.25, -0.2) is 9.67 Å². The molecular formula is C16H20N4O. The first kappa shape index (κ1) is 13.8. The molecule has 110 valence electrons. The Kier molecular flexibility index (Phi) is 3.29. The minimum atomic E-state index is -0.134. The molecule has 1 aromatic carbocycles. The lowest BCUT2D eigenvalue weighted by molar-refractivity contribution is 0.165. The third kappa shape index (κ3) is 2.45. The van der Waals surface area contributed by atoms with E-state index in [4.69, 9.17) is 9.84 Å². The van der Waals surface area contributed by atoms with Gasteiger partial charge in [-0.15, -0.1) is 0 Å². The fourth-order valence-corrected chi connectivity index (χ4v) is 2.47. The Hall–Kier alpha value is -2.14. The number of rotatable bonds is 3. The van der Waals surface area contributed by atoms with Crippen LogP contribution in [0.5, 0.6) is 0 Å². The molecule has 5 heteroatoms. The van der Waals surface area contributed by atoms with Crippen molar-refractivity contribution in [2.24, 2.45) is 0 Å². The Balaban J connectivity index is 2.15. The van der Waals surface area contributed by atoms with Gasteiger partial charge in [-0.2, -0.15) is 5.10 Å². The predicted molar refractivity (Wildman–Crippen MR) is 83.0 cm³/mol. The van der Waals surface area contributed by atoms with Crippen LogP contribution >= 0.6 is 0 Å². The number of aromatic nitrogens is 4. The zero-order valence-electron chi connectivity index (χ0n) is 12.8. The van der Waals surface area contributed by atoms with Crippen LogP contribution in [-0.2, 0) is 16.9 Å². The second-order valence-corrected chi connectivity index (χ2v) is 6.12. The summed E-state index contributed by atoms with van der Waals surface area (Å²) in [6.07, 6.45) is 1.96. The number of aromatic amines is 1. The third-order valence-electron chi connectivity index (χ3n) is 3.41. The number of methoxy groups -OCH3 is 1. The highest BCUT2D eigenvalue weighted by Gasteiger charge is 2.22. The van der Waals surface area contributed by atoms with Crippen molar-refractivity contribution in [3.05, 3.63) is 36.3 Å². The summed E-state index contributed by atoms with van der Waals surface area (Å²) in [5, 5.41) is 5.83. The second-order valence-electron chi connectivity index (χ2n) is 6.12. The summed E-state index contributed by atoms with van der Waals surface area (Å²) in [6, 6.07) is 8.17. The maximum absolute atomic E-state index is 5.25. The van der Waals surface area contributed by atoms with Crippen LogP contribution in [0, 0.1) is 0 Å². The maximum atomic E-state index is 5.25. The van der Waals surface area contributed by atoms with Crippen molar-refractivity contribution in [1.82, 2.24) is 19.7 Å². The number of ether oxygens (including phenoxy) is 1. The van der Waals surface area contributed by atoms with Gasteiger partial charge in [0.25, 0.3) is 0 Å². The molecule has 21 heavy (non-hydrogen) atoms. The molecule has 0 aliphatic carbocycles. The first-order chi connectivity index (χ1) is 10.0. The Labute approximate surface area is 124 Å². The van der Waals surface area contributed by atoms with Gasteiger partial charge < -0.3 is 9.72 Å². The van der Waals surface area contributed by atoms with E-state index < -0.39 is 0 Å². The third-order valence-corrected chi connectivity index (χ3v) is 3.41. The summed E-state index contributed by atoms with van der Waals surface area (Å²) in [7, 11) is 1.67. The van der Waals surface area contributed by atoms with E-state index in [1.807, 2.05) is 23.0 Å². The molecule has 0 radical (unpaired) electrons. The zero-order chi connectivity index (χ0) is 15.0. The number of para-hydroxylation sites is 1. The molecule has 0 amide bonds. The van der Waals surface area contributed by atoms with E-state index in [0.717, 1.165) is 28.1 Å². The second kappa shape index (κ2) is 5.00. The highest BCUT2D eigenvalue weighted by atomic mass is 16.5. The van der Waals surface area contributed by atoms with Gasteiger partial charge in [-0.05, 0) is 26.8 Å². The molecule has 0 aliphatic rings. The summed E-state index contributed by atoms with van der Waals surface area (Å²) in [4.78, 5) is 7.93. The molecule has 0 atom stereocenters. The van der Waals surface area contributed by atoms with E-state index >= 15 is 0 Å². The fraction of sp³-hybridized carbons (Fsp3) is 0.375. The van der Waals surface area contributed by atoms with E-state index in [1.165, 1.54) is 0 Å². The number of nitrogens with one attached hydrogen (secondary N) is 1. The molecule has 2 heterocycles. The van der Waals surface area contributed by atoms with Crippen molar-refractivity contribution >= 4 is 10.9 Å². The van der Waals surface area contributed by atoms with Crippen LogP contribution < -0.4 is 0 Å². The van der Waals surface area contributed by atoms with E-state index in [9.17, 15) is 0 Å². The summed E-state index contributed by atoms with van der Waals surface area (Å²) >= 11 is 0. The molecule has 0 saturated carbocycles. The Bertz CT molecular complexity index is 764. The van der Waals surface area contributed by atoms with Crippen LogP contribution in [0.1, 0.15) is 26.6 Å².